The molecule has 0 atom stereocenters. The molecule has 0 unspecified atom stereocenters. The third kappa shape index (κ3) is 5.19. The fourth-order valence-corrected chi connectivity index (χ4v) is 2.87. The highest BCUT2D eigenvalue weighted by Gasteiger charge is 2.13. The Labute approximate surface area is 136 Å². The van der Waals surface area contributed by atoms with Gasteiger partial charge in [0.05, 0.1) is 17.2 Å². The lowest BCUT2D eigenvalue weighted by Gasteiger charge is -2.09. The van der Waals surface area contributed by atoms with Crippen LogP contribution >= 0.6 is 0 Å². The second-order valence-electron chi connectivity index (χ2n) is 4.79. The summed E-state index contributed by atoms with van der Waals surface area (Å²) < 4.78 is 32.1. The maximum atomic E-state index is 12.1. The Morgan fingerprint density at radius 2 is 1.78 bits per heavy atom. The number of nitrogens with one attached hydrogen (secondary N) is 2. The predicted octanol–water partition coefficient (Wildman–Crippen LogP) is 1.57. The van der Waals surface area contributed by atoms with Crippen molar-refractivity contribution < 1.29 is 13.2 Å². The summed E-state index contributed by atoms with van der Waals surface area (Å²) in [5.41, 5.74) is 0.826. The molecular weight excluding hydrogens is 316 g/mol. The molecule has 7 nitrogen and oxygen atoms in total. The van der Waals surface area contributed by atoms with Crippen LogP contribution in [0.25, 0.3) is 0 Å². The number of anilines is 1. The highest BCUT2D eigenvalue weighted by molar-refractivity contribution is 7.89. The fourth-order valence-electron chi connectivity index (χ4n) is 1.83. The summed E-state index contributed by atoms with van der Waals surface area (Å²) >= 11 is 0. The molecule has 2 N–H and O–H groups in total. The van der Waals surface area contributed by atoms with Crippen LogP contribution in [-0.4, -0.2) is 38.3 Å². The van der Waals surface area contributed by atoms with E-state index in [1.807, 2.05) is 19.9 Å². The van der Waals surface area contributed by atoms with Crippen molar-refractivity contribution in [3.8, 4) is 5.75 Å². The van der Waals surface area contributed by atoms with Crippen molar-refractivity contribution in [3.63, 3.8) is 0 Å². The molecule has 2 aromatic rings. The Bertz CT molecular complexity index is 715. The number of benzene rings is 1. The topological polar surface area (TPSA) is 93.2 Å². The zero-order valence-corrected chi connectivity index (χ0v) is 13.9. The van der Waals surface area contributed by atoms with Crippen molar-refractivity contribution in [2.24, 2.45) is 0 Å². The van der Waals surface area contributed by atoms with E-state index in [0.29, 0.717) is 24.7 Å². The van der Waals surface area contributed by atoms with Crippen LogP contribution in [0.4, 0.5) is 5.82 Å². The van der Waals surface area contributed by atoms with Crippen molar-refractivity contribution in [3.05, 3.63) is 42.1 Å². The number of aromatic nitrogens is 2. The van der Waals surface area contributed by atoms with E-state index in [0.717, 1.165) is 5.69 Å². The highest BCUT2D eigenvalue weighted by atomic mass is 32.2. The summed E-state index contributed by atoms with van der Waals surface area (Å²) in [7, 11) is -3.53. The molecule has 2 rings (SSSR count). The van der Waals surface area contributed by atoms with Gasteiger partial charge in [0.1, 0.15) is 11.6 Å². The van der Waals surface area contributed by atoms with Crippen LogP contribution in [0.5, 0.6) is 5.75 Å². The first-order chi connectivity index (χ1) is 11.0. The smallest absolute Gasteiger partial charge is 0.240 e. The van der Waals surface area contributed by atoms with Crippen LogP contribution < -0.4 is 14.8 Å². The molecule has 0 spiro atoms. The van der Waals surface area contributed by atoms with E-state index in [2.05, 4.69) is 20.2 Å². The average Bonchev–Trinajstić information content (AvgIpc) is 2.54. The maximum Gasteiger partial charge on any atom is 0.240 e. The third-order valence-electron chi connectivity index (χ3n) is 2.97. The molecule has 23 heavy (non-hydrogen) atoms. The van der Waals surface area contributed by atoms with E-state index in [1.165, 1.54) is 12.1 Å². The van der Waals surface area contributed by atoms with Crippen molar-refractivity contribution in [1.29, 1.82) is 0 Å². The SMILES string of the molecule is CCOc1ccc(S(=O)(=O)NCCNc2ccc(C)nn2)cc1. The molecule has 1 heterocycles. The lowest BCUT2D eigenvalue weighted by molar-refractivity contribution is 0.340. The van der Waals surface area contributed by atoms with Crippen molar-refractivity contribution in [2.45, 2.75) is 18.7 Å². The van der Waals surface area contributed by atoms with Gasteiger partial charge in [-0.05, 0) is 50.2 Å². The monoisotopic (exact) mass is 336 g/mol. The molecule has 0 aliphatic rings. The van der Waals surface area contributed by atoms with Gasteiger partial charge in [0.15, 0.2) is 0 Å². The average molecular weight is 336 g/mol. The molecule has 0 bridgehead atoms. The predicted molar refractivity (Wildman–Crippen MR) is 88.1 cm³/mol. The van der Waals surface area contributed by atoms with Gasteiger partial charge in [0.2, 0.25) is 10.0 Å². The molecule has 0 aliphatic heterocycles. The van der Waals surface area contributed by atoms with E-state index >= 15 is 0 Å². The normalized spacial score (nSPS) is 11.2. The van der Waals surface area contributed by atoms with Crippen LogP contribution in [0.2, 0.25) is 0 Å². The number of hydrogen-bond donors (Lipinski definition) is 2. The standard InChI is InChI=1S/C15H20N4O3S/c1-3-22-13-5-7-14(8-6-13)23(20,21)17-11-10-16-15-9-4-12(2)18-19-15/h4-9,17H,3,10-11H2,1-2H3,(H,16,19). The molecule has 0 fully saturated rings. The van der Waals surface area contributed by atoms with Gasteiger partial charge < -0.3 is 10.1 Å². The first-order valence-electron chi connectivity index (χ1n) is 7.28. The Morgan fingerprint density at radius 1 is 1.04 bits per heavy atom. The van der Waals surface area contributed by atoms with Crippen LogP contribution in [0, 0.1) is 6.92 Å². The van der Waals surface area contributed by atoms with E-state index in [-0.39, 0.29) is 11.4 Å². The number of ether oxygens (including phenoxy) is 1. The Balaban J connectivity index is 1.84. The Kier molecular flexibility index (Phi) is 5.89. The summed E-state index contributed by atoms with van der Waals surface area (Å²) in [4.78, 5) is 0.205. The molecule has 0 saturated carbocycles. The van der Waals surface area contributed by atoms with Crippen molar-refractivity contribution in [2.75, 3.05) is 25.0 Å². The fraction of sp³-hybridized carbons (Fsp3) is 0.333. The number of sulfonamides is 1. The number of rotatable bonds is 8. The molecular formula is C15H20N4O3S. The van der Waals surface area contributed by atoms with Crippen molar-refractivity contribution in [1.82, 2.24) is 14.9 Å². The second-order valence-corrected chi connectivity index (χ2v) is 6.56. The number of aryl methyl sites for hydroxylation is 1. The molecule has 1 aromatic carbocycles. The van der Waals surface area contributed by atoms with Crippen molar-refractivity contribution >= 4 is 15.8 Å². The first-order valence-corrected chi connectivity index (χ1v) is 8.76. The highest BCUT2D eigenvalue weighted by Crippen LogP contribution is 2.15. The minimum Gasteiger partial charge on any atom is -0.494 e. The summed E-state index contributed by atoms with van der Waals surface area (Å²) in [6, 6.07) is 9.94. The van der Waals surface area contributed by atoms with Gasteiger partial charge in [-0.25, -0.2) is 13.1 Å². The van der Waals surface area contributed by atoms with E-state index < -0.39 is 10.0 Å². The number of nitrogens with zero attached hydrogens (tertiary/aromatic N) is 2. The lowest BCUT2D eigenvalue weighted by atomic mass is 10.3. The molecule has 8 heteroatoms. The quantitative estimate of drug-likeness (QED) is 0.711. The summed E-state index contributed by atoms with van der Waals surface area (Å²) in [6.45, 7) is 4.91. The molecule has 0 aliphatic carbocycles. The molecule has 0 radical (unpaired) electrons. The van der Waals surface area contributed by atoms with E-state index in [9.17, 15) is 8.42 Å². The van der Waals surface area contributed by atoms with E-state index in [4.69, 9.17) is 4.74 Å². The zero-order valence-electron chi connectivity index (χ0n) is 13.1. The van der Waals surface area contributed by atoms with Gasteiger partial charge in [-0.2, -0.15) is 5.10 Å². The second kappa shape index (κ2) is 7.89. The largest absolute Gasteiger partial charge is 0.494 e. The van der Waals surface area contributed by atoms with Gasteiger partial charge in [-0.1, -0.05) is 0 Å². The van der Waals surface area contributed by atoms with Gasteiger partial charge in [-0.3, -0.25) is 0 Å². The molecule has 0 saturated heterocycles. The third-order valence-corrected chi connectivity index (χ3v) is 4.44. The zero-order chi connectivity index (χ0) is 16.7. The van der Waals surface area contributed by atoms with Crippen LogP contribution in [0.3, 0.4) is 0 Å². The maximum absolute atomic E-state index is 12.1. The summed E-state index contributed by atoms with van der Waals surface area (Å²) in [6.07, 6.45) is 0. The Hall–Kier alpha value is -2.19. The minimum atomic E-state index is -3.53. The molecule has 1 aromatic heterocycles. The number of hydrogen-bond acceptors (Lipinski definition) is 6. The summed E-state index contributed by atoms with van der Waals surface area (Å²) in [5.74, 6) is 1.25. The van der Waals surface area contributed by atoms with Crippen LogP contribution in [0.1, 0.15) is 12.6 Å². The van der Waals surface area contributed by atoms with Crippen LogP contribution in [-0.2, 0) is 10.0 Å². The Morgan fingerprint density at radius 3 is 2.39 bits per heavy atom. The first kappa shape index (κ1) is 17.2. The summed E-state index contributed by atoms with van der Waals surface area (Å²) in [5, 5.41) is 10.9. The molecule has 0 amide bonds. The lowest BCUT2D eigenvalue weighted by Crippen LogP contribution is -2.29. The van der Waals surface area contributed by atoms with Gasteiger partial charge >= 0.3 is 0 Å². The molecule has 124 valence electrons. The van der Waals surface area contributed by atoms with E-state index in [1.54, 1.807) is 18.2 Å². The van der Waals surface area contributed by atoms with Gasteiger partial charge in [0, 0.05) is 13.1 Å². The van der Waals surface area contributed by atoms with Gasteiger partial charge in [0.25, 0.3) is 0 Å². The van der Waals surface area contributed by atoms with Crippen LogP contribution in [0.15, 0.2) is 41.3 Å². The van der Waals surface area contributed by atoms with Gasteiger partial charge in [-0.15, -0.1) is 5.10 Å². The minimum absolute atomic E-state index is 0.205.